The van der Waals surface area contributed by atoms with E-state index < -0.39 is 0 Å². The molecule has 1 saturated heterocycles. The van der Waals surface area contributed by atoms with Gasteiger partial charge in [-0.3, -0.25) is 9.67 Å². The number of likely N-dealkylation sites (tertiary alicyclic amines) is 1. The monoisotopic (exact) mass is 433 g/mol. The fraction of sp³-hybridized carbons (Fsp3) is 0.765. The summed E-state index contributed by atoms with van der Waals surface area (Å²) in [7, 11) is 1.88. The number of aliphatic imine (C=N–C) groups is 1. The summed E-state index contributed by atoms with van der Waals surface area (Å²) in [4.78, 5) is 6.90. The first-order valence-corrected chi connectivity index (χ1v) is 8.51. The fourth-order valence-corrected chi connectivity index (χ4v) is 3.51. The zero-order valence-electron chi connectivity index (χ0n) is 15.0. The van der Waals surface area contributed by atoms with Crippen LogP contribution in [-0.2, 0) is 6.54 Å². The van der Waals surface area contributed by atoms with Gasteiger partial charge in [-0.15, -0.1) is 24.0 Å². The molecule has 0 spiro atoms. The van der Waals surface area contributed by atoms with Crippen LogP contribution in [0.4, 0.5) is 0 Å². The zero-order valence-corrected chi connectivity index (χ0v) is 17.3. The average molecular weight is 433 g/mol. The van der Waals surface area contributed by atoms with Crippen molar-refractivity contribution in [2.24, 2.45) is 10.4 Å². The van der Waals surface area contributed by atoms with Crippen LogP contribution in [0.2, 0.25) is 0 Å². The molecule has 1 aliphatic heterocycles. The van der Waals surface area contributed by atoms with Gasteiger partial charge >= 0.3 is 0 Å². The van der Waals surface area contributed by atoms with Gasteiger partial charge in [0.15, 0.2) is 5.96 Å². The van der Waals surface area contributed by atoms with Gasteiger partial charge in [-0.1, -0.05) is 20.3 Å². The smallest absolute Gasteiger partial charge is 0.193 e. The van der Waals surface area contributed by atoms with E-state index in [-0.39, 0.29) is 24.0 Å². The van der Waals surface area contributed by atoms with Crippen molar-refractivity contribution >= 4 is 29.9 Å². The SMILES string of the molecule is CCCC1(C)CCCN(C(=NC)NCCn2cc(C)cn2)C1.I. The van der Waals surface area contributed by atoms with Gasteiger partial charge in [0.25, 0.3) is 0 Å². The number of rotatable bonds is 5. The predicted octanol–water partition coefficient (Wildman–Crippen LogP) is 3.29. The predicted molar refractivity (Wildman–Crippen MR) is 108 cm³/mol. The molecule has 1 atom stereocenters. The zero-order chi connectivity index (χ0) is 16.0. The van der Waals surface area contributed by atoms with Crippen LogP contribution in [0.3, 0.4) is 0 Å². The molecule has 0 radical (unpaired) electrons. The van der Waals surface area contributed by atoms with Crippen molar-refractivity contribution in [3.05, 3.63) is 18.0 Å². The van der Waals surface area contributed by atoms with Crippen LogP contribution in [0.1, 0.15) is 45.1 Å². The molecule has 1 aromatic heterocycles. The average Bonchev–Trinajstić information content (AvgIpc) is 2.89. The molecule has 23 heavy (non-hydrogen) atoms. The standard InChI is InChI=1S/C17H31N5.HI/c1-5-7-17(3)8-6-10-21(14-17)16(18-4)19-9-11-22-13-15(2)12-20-22;/h12-13H,5-11,14H2,1-4H3,(H,18,19);1H. The summed E-state index contributed by atoms with van der Waals surface area (Å²) < 4.78 is 1.98. The molecule has 1 aromatic rings. The Morgan fingerprint density at radius 2 is 2.26 bits per heavy atom. The Bertz CT molecular complexity index is 495. The van der Waals surface area contributed by atoms with Crippen LogP contribution in [0.25, 0.3) is 0 Å². The van der Waals surface area contributed by atoms with E-state index in [0.29, 0.717) is 5.41 Å². The first kappa shape index (κ1) is 20.3. The lowest BCUT2D eigenvalue weighted by Gasteiger charge is -2.42. The maximum Gasteiger partial charge on any atom is 0.193 e. The minimum atomic E-state index is 0. The first-order chi connectivity index (χ1) is 10.6. The number of aromatic nitrogens is 2. The van der Waals surface area contributed by atoms with E-state index >= 15 is 0 Å². The third-order valence-electron chi connectivity index (χ3n) is 4.53. The van der Waals surface area contributed by atoms with E-state index in [0.717, 1.165) is 32.1 Å². The lowest BCUT2D eigenvalue weighted by Crippen LogP contribution is -2.50. The molecule has 1 aliphatic rings. The largest absolute Gasteiger partial charge is 0.354 e. The summed E-state index contributed by atoms with van der Waals surface area (Å²) >= 11 is 0. The van der Waals surface area contributed by atoms with Crippen LogP contribution in [0, 0.1) is 12.3 Å². The maximum absolute atomic E-state index is 4.48. The van der Waals surface area contributed by atoms with Crippen molar-refractivity contribution in [1.29, 1.82) is 0 Å². The highest BCUT2D eigenvalue weighted by Gasteiger charge is 2.31. The quantitative estimate of drug-likeness (QED) is 0.441. The topological polar surface area (TPSA) is 45.5 Å². The summed E-state index contributed by atoms with van der Waals surface area (Å²) in [5.74, 6) is 1.03. The second-order valence-corrected chi connectivity index (χ2v) is 6.84. The number of nitrogens with one attached hydrogen (secondary N) is 1. The summed E-state index contributed by atoms with van der Waals surface area (Å²) in [5, 5.41) is 7.81. The Morgan fingerprint density at radius 1 is 1.48 bits per heavy atom. The van der Waals surface area contributed by atoms with Crippen molar-refractivity contribution in [1.82, 2.24) is 20.0 Å². The number of guanidine groups is 1. The first-order valence-electron chi connectivity index (χ1n) is 8.51. The van der Waals surface area contributed by atoms with Crippen molar-refractivity contribution in [3.8, 4) is 0 Å². The van der Waals surface area contributed by atoms with E-state index in [1.54, 1.807) is 0 Å². The molecule has 1 fully saturated rings. The summed E-state index contributed by atoms with van der Waals surface area (Å²) in [6.45, 7) is 10.7. The Hall–Kier alpha value is -0.790. The fourth-order valence-electron chi connectivity index (χ4n) is 3.51. The van der Waals surface area contributed by atoms with Crippen LogP contribution in [0.5, 0.6) is 0 Å². The van der Waals surface area contributed by atoms with E-state index in [9.17, 15) is 0 Å². The molecule has 0 aliphatic carbocycles. The summed E-state index contributed by atoms with van der Waals surface area (Å²) in [6.07, 6.45) is 9.12. The Balaban J connectivity index is 0.00000264. The molecular formula is C17H32IN5. The van der Waals surface area contributed by atoms with Gasteiger partial charge in [-0.25, -0.2) is 0 Å². The van der Waals surface area contributed by atoms with Crippen molar-refractivity contribution in [2.45, 2.75) is 53.0 Å². The molecule has 5 nitrogen and oxygen atoms in total. The minimum absolute atomic E-state index is 0. The van der Waals surface area contributed by atoms with Crippen LogP contribution >= 0.6 is 24.0 Å². The van der Waals surface area contributed by atoms with Crippen molar-refractivity contribution < 1.29 is 0 Å². The van der Waals surface area contributed by atoms with E-state index in [4.69, 9.17) is 0 Å². The van der Waals surface area contributed by atoms with Crippen LogP contribution < -0.4 is 5.32 Å². The Labute approximate surface area is 157 Å². The number of hydrogen-bond donors (Lipinski definition) is 1. The van der Waals surface area contributed by atoms with E-state index in [1.807, 2.05) is 17.9 Å². The highest BCUT2D eigenvalue weighted by atomic mass is 127. The summed E-state index contributed by atoms with van der Waals surface area (Å²) in [6, 6.07) is 0. The van der Waals surface area contributed by atoms with Gasteiger partial charge in [0.2, 0.25) is 0 Å². The molecule has 2 heterocycles. The highest BCUT2D eigenvalue weighted by Crippen LogP contribution is 2.33. The van der Waals surface area contributed by atoms with Gasteiger partial charge in [0, 0.05) is 32.9 Å². The van der Waals surface area contributed by atoms with Gasteiger partial charge < -0.3 is 10.2 Å². The molecular weight excluding hydrogens is 401 g/mol. The number of hydrogen-bond acceptors (Lipinski definition) is 2. The molecule has 1 N–H and O–H groups in total. The Morgan fingerprint density at radius 3 is 2.87 bits per heavy atom. The minimum Gasteiger partial charge on any atom is -0.354 e. The molecule has 132 valence electrons. The lowest BCUT2D eigenvalue weighted by molar-refractivity contribution is 0.142. The maximum atomic E-state index is 4.48. The molecule has 2 rings (SSSR count). The van der Waals surface area contributed by atoms with Gasteiger partial charge in [0.1, 0.15) is 0 Å². The van der Waals surface area contributed by atoms with E-state index in [2.05, 4.69) is 47.3 Å². The number of halogens is 1. The van der Waals surface area contributed by atoms with Gasteiger partial charge in [-0.2, -0.15) is 5.10 Å². The van der Waals surface area contributed by atoms with Crippen molar-refractivity contribution in [3.63, 3.8) is 0 Å². The molecule has 6 heteroatoms. The number of aryl methyl sites for hydroxylation is 1. The third kappa shape index (κ3) is 5.97. The normalized spacial score (nSPS) is 21.9. The van der Waals surface area contributed by atoms with Crippen molar-refractivity contribution in [2.75, 3.05) is 26.7 Å². The molecule has 0 bridgehead atoms. The molecule has 0 aromatic carbocycles. The van der Waals surface area contributed by atoms with Gasteiger partial charge in [-0.05, 0) is 37.2 Å². The third-order valence-corrected chi connectivity index (χ3v) is 4.53. The van der Waals surface area contributed by atoms with Crippen LogP contribution in [0.15, 0.2) is 17.4 Å². The molecule has 0 amide bonds. The second-order valence-electron chi connectivity index (χ2n) is 6.84. The van der Waals surface area contributed by atoms with E-state index in [1.165, 1.54) is 31.2 Å². The summed E-state index contributed by atoms with van der Waals surface area (Å²) in [5.41, 5.74) is 1.64. The molecule has 0 saturated carbocycles. The second kappa shape index (κ2) is 9.49. The molecule has 1 unspecified atom stereocenters. The Kier molecular flexibility index (Phi) is 8.36. The lowest BCUT2D eigenvalue weighted by atomic mass is 9.78. The number of piperidine rings is 1. The highest BCUT2D eigenvalue weighted by molar-refractivity contribution is 14.0. The van der Waals surface area contributed by atoms with Gasteiger partial charge in [0.05, 0.1) is 12.7 Å². The number of nitrogens with zero attached hydrogens (tertiary/aromatic N) is 4. The van der Waals surface area contributed by atoms with Crippen LogP contribution in [-0.4, -0.2) is 47.3 Å².